The maximum atomic E-state index is 13.4. The molecule has 0 saturated heterocycles. The van der Waals surface area contributed by atoms with E-state index in [0.29, 0.717) is 16.6 Å². The fourth-order valence-electron chi connectivity index (χ4n) is 3.56. The summed E-state index contributed by atoms with van der Waals surface area (Å²) in [6.07, 6.45) is -4.60. The van der Waals surface area contributed by atoms with Crippen LogP contribution in [0.3, 0.4) is 0 Å². The molecule has 0 unspecified atom stereocenters. The summed E-state index contributed by atoms with van der Waals surface area (Å²) >= 11 is 0.985. The summed E-state index contributed by atoms with van der Waals surface area (Å²) in [5.74, 6) is -0.876. The van der Waals surface area contributed by atoms with E-state index in [1.54, 1.807) is 30.3 Å². The molecule has 4 aromatic rings. The molecule has 1 amide bonds. The van der Waals surface area contributed by atoms with Gasteiger partial charge in [0.05, 0.1) is 33.6 Å². The third-order valence-corrected chi connectivity index (χ3v) is 6.34. The average molecular weight is 484 g/mol. The molecule has 1 aromatic heterocycles. The van der Waals surface area contributed by atoms with Gasteiger partial charge in [-0.1, -0.05) is 48.2 Å². The fourth-order valence-corrected chi connectivity index (χ4v) is 4.36. The molecule has 0 aliphatic heterocycles. The Morgan fingerprint density at radius 2 is 1.71 bits per heavy atom. The molecule has 0 aliphatic rings. The first-order valence-corrected chi connectivity index (χ1v) is 11.3. The lowest BCUT2D eigenvalue weighted by atomic mass is 10.1. The van der Waals surface area contributed by atoms with Gasteiger partial charge in [0, 0.05) is 0 Å². The molecule has 3 aromatic carbocycles. The second-order valence-electron chi connectivity index (χ2n) is 7.65. The van der Waals surface area contributed by atoms with Crippen LogP contribution in [0.1, 0.15) is 16.7 Å². The predicted molar refractivity (Wildman–Crippen MR) is 128 cm³/mol. The van der Waals surface area contributed by atoms with Crippen molar-refractivity contribution in [3.05, 3.63) is 93.8 Å². The highest BCUT2D eigenvalue weighted by Crippen LogP contribution is 2.34. The lowest BCUT2D eigenvalue weighted by molar-refractivity contribution is -0.137. The zero-order valence-electron chi connectivity index (χ0n) is 18.3. The van der Waals surface area contributed by atoms with Crippen LogP contribution in [0.5, 0.6) is 0 Å². The van der Waals surface area contributed by atoms with Gasteiger partial charge in [-0.2, -0.15) is 13.2 Å². The molecule has 0 saturated carbocycles. The predicted octanol–water partition coefficient (Wildman–Crippen LogP) is 5.75. The van der Waals surface area contributed by atoms with E-state index in [0.717, 1.165) is 29.0 Å². The van der Waals surface area contributed by atoms with Crippen molar-refractivity contribution in [3.8, 4) is 5.69 Å². The van der Waals surface area contributed by atoms with Crippen molar-refractivity contribution in [3.63, 3.8) is 0 Å². The van der Waals surface area contributed by atoms with Gasteiger partial charge < -0.3 is 5.32 Å². The number of alkyl halides is 3. The van der Waals surface area contributed by atoms with Crippen molar-refractivity contribution >= 4 is 34.3 Å². The maximum absolute atomic E-state index is 13.4. The number of benzene rings is 3. The Kier molecular flexibility index (Phi) is 6.47. The largest absolute Gasteiger partial charge is 0.418 e. The number of rotatable bonds is 5. The number of anilines is 1. The van der Waals surface area contributed by atoms with Crippen molar-refractivity contribution in [2.45, 2.75) is 25.2 Å². The van der Waals surface area contributed by atoms with E-state index in [1.165, 1.54) is 22.8 Å². The summed E-state index contributed by atoms with van der Waals surface area (Å²) in [7, 11) is 0. The molecular weight excluding hydrogens is 463 g/mol. The van der Waals surface area contributed by atoms with E-state index in [-0.39, 0.29) is 22.2 Å². The minimum Gasteiger partial charge on any atom is -0.325 e. The van der Waals surface area contributed by atoms with Crippen LogP contribution in [-0.4, -0.2) is 21.2 Å². The molecule has 174 valence electrons. The van der Waals surface area contributed by atoms with Crippen LogP contribution in [0.2, 0.25) is 0 Å². The van der Waals surface area contributed by atoms with Crippen LogP contribution >= 0.6 is 11.8 Å². The Hall–Kier alpha value is -3.59. The molecular formula is C25H20F3N3O2S. The Morgan fingerprint density at radius 3 is 2.47 bits per heavy atom. The summed E-state index contributed by atoms with van der Waals surface area (Å²) in [5.41, 5.74) is 1.43. The Morgan fingerprint density at radius 1 is 1.00 bits per heavy atom. The highest BCUT2D eigenvalue weighted by atomic mass is 32.2. The number of para-hydroxylation sites is 2. The second kappa shape index (κ2) is 9.34. The Labute approximate surface area is 197 Å². The lowest BCUT2D eigenvalue weighted by Gasteiger charge is -2.16. The second-order valence-corrected chi connectivity index (χ2v) is 8.59. The first kappa shape index (κ1) is 23.6. The highest BCUT2D eigenvalue weighted by Gasteiger charge is 2.33. The van der Waals surface area contributed by atoms with Gasteiger partial charge in [0.15, 0.2) is 5.16 Å². The topological polar surface area (TPSA) is 64.0 Å². The molecule has 0 aliphatic carbocycles. The van der Waals surface area contributed by atoms with Gasteiger partial charge in [0.2, 0.25) is 5.91 Å². The number of hydrogen-bond donors (Lipinski definition) is 1. The molecule has 34 heavy (non-hydrogen) atoms. The Bertz CT molecular complexity index is 1450. The quantitative estimate of drug-likeness (QED) is 0.290. The van der Waals surface area contributed by atoms with Crippen LogP contribution in [0.25, 0.3) is 16.6 Å². The molecule has 0 spiro atoms. The van der Waals surface area contributed by atoms with E-state index in [2.05, 4.69) is 10.3 Å². The molecule has 4 rings (SSSR count). The van der Waals surface area contributed by atoms with Gasteiger partial charge in [0.1, 0.15) is 0 Å². The van der Waals surface area contributed by atoms with Gasteiger partial charge in [-0.3, -0.25) is 14.2 Å². The zero-order chi connectivity index (χ0) is 24.5. The number of nitrogens with one attached hydrogen (secondary N) is 1. The minimum atomic E-state index is -4.60. The van der Waals surface area contributed by atoms with Crippen LogP contribution in [0, 0.1) is 13.8 Å². The van der Waals surface area contributed by atoms with Gasteiger partial charge >= 0.3 is 6.18 Å². The summed E-state index contributed by atoms with van der Waals surface area (Å²) in [6.45, 7) is 3.82. The average Bonchev–Trinajstić information content (AvgIpc) is 2.80. The number of halogens is 3. The lowest BCUT2D eigenvalue weighted by Crippen LogP contribution is -2.24. The van der Waals surface area contributed by atoms with Gasteiger partial charge in [-0.05, 0) is 55.3 Å². The normalized spacial score (nSPS) is 11.6. The van der Waals surface area contributed by atoms with E-state index < -0.39 is 17.6 Å². The van der Waals surface area contributed by atoms with E-state index in [4.69, 9.17) is 0 Å². The fraction of sp³-hybridized carbons (Fsp3) is 0.160. The summed E-state index contributed by atoms with van der Waals surface area (Å²) in [6, 6.07) is 17.2. The smallest absolute Gasteiger partial charge is 0.325 e. The molecule has 1 heterocycles. The molecule has 0 bridgehead atoms. The molecule has 0 fully saturated rings. The number of carbonyl (C=O) groups is 1. The number of amides is 1. The van der Waals surface area contributed by atoms with Crippen LogP contribution < -0.4 is 10.9 Å². The van der Waals surface area contributed by atoms with E-state index in [9.17, 15) is 22.8 Å². The van der Waals surface area contributed by atoms with Gasteiger partial charge in [-0.15, -0.1) is 0 Å². The third kappa shape index (κ3) is 4.70. The molecule has 5 nitrogen and oxygen atoms in total. The number of hydrogen-bond acceptors (Lipinski definition) is 4. The van der Waals surface area contributed by atoms with Crippen molar-refractivity contribution in [1.82, 2.24) is 9.55 Å². The molecule has 1 N–H and O–H groups in total. The number of aryl methyl sites for hydroxylation is 1. The number of fused-ring (bicyclic) bond motifs is 1. The number of nitrogens with zero attached hydrogens (tertiary/aromatic N) is 2. The van der Waals surface area contributed by atoms with E-state index >= 15 is 0 Å². The van der Waals surface area contributed by atoms with Crippen LogP contribution in [0.4, 0.5) is 18.9 Å². The summed E-state index contributed by atoms with van der Waals surface area (Å²) in [4.78, 5) is 30.5. The number of carbonyl (C=O) groups excluding carboxylic acids is 1. The SMILES string of the molecule is Cc1cccc(-n2c(SCC(=O)Nc3ccccc3C(F)(F)F)nc3ccccc3c2=O)c1C. The Balaban J connectivity index is 1.70. The standard InChI is InChI=1S/C25H20F3N3O2S/c1-15-8-7-13-21(16(15)2)31-23(33)17-9-3-5-11-19(17)30-24(31)34-14-22(32)29-20-12-6-4-10-18(20)25(26,27)28/h3-13H,14H2,1-2H3,(H,29,32). The maximum Gasteiger partial charge on any atom is 0.418 e. The molecule has 0 atom stereocenters. The van der Waals surface area contributed by atoms with Crippen molar-refractivity contribution in [2.24, 2.45) is 0 Å². The third-order valence-electron chi connectivity index (χ3n) is 5.40. The van der Waals surface area contributed by atoms with Crippen LogP contribution in [-0.2, 0) is 11.0 Å². The minimum absolute atomic E-state index is 0.234. The van der Waals surface area contributed by atoms with Gasteiger partial charge in [0.25, 0.3) is 5.56 Å². The number of thioether (sulfide) groups is 1. The van der Waals surface area contributed by atoms with Crippen molar-refractivity contribution < 1.29 is 18.0 Å². The van der Waals surface area contributed by atoms with Crippen molar-refractivity contribution in [2.75, 3.05) is 11.1 Å². The highest BCUT2D eigenvalue weighted by molar-refractivity contribution is 7.99. The summed E-state index contributed by atoms with van der Waals surface area (Å²) < 4.78 is 41.2. The summed E-state index contributed by atoms with van der Waals surface area (Å²) in [5, 5.41) is 3.03. The first-order valence-electron chi connectivity index (χ1n) is 10.3. The molecule has 0 radical (unpaired) electrons. The van der Waals surface area contributed by atoms with E-state index in [1.807, 2.05) is 26.0 Å². The molecule has 9 heteroatoms. The van der Waals surface area contributed by atoms with Crippen LogP contribution in [0.15, 0.2) is 76.7 Å². The number of aromatic nitrogens is 2. The first-order chi connectivity index (χ1) is 16.2. The van der Waals surface area contributed by atoms with Gasteiger partial charge in [-0.25, -0.2) is 4.98 Å². The monoisotopic (exact) mass is 483 g/mol. The zero-order valence-corrected chi connectivity index (χ0v) is 19.1. The van der Waals surface area contributed by atoms with Crippen molar-refractivity contribution in [1.29, 1.82) is 0 Å².